The first kappa shape index (κ1) is 14.8. The fraction of sp³-hybridized carbons (Fsp3) is 0.176. The first-order valence-electron chi connectivity index (χ1n) is 6.54. The number of aromatic hydroxyl groups is 2. The van der Waals surface area contributed by atoms with Gasteiger partial charge in [0, 0.05) is 11.1 Å². The van der Waals surface area contributed by atoms with E-state index in [0.29, 0.717) is 17.9 Å². The van der Waals surface area contributed by atoms with Gasteiger partial charge in [-0.1, -0.05) is 36.4 Å². The van der Waals surface area contributed by atoms with Crippen molar-refractivity contribution >= 4 is 6.08 Å². The molecule has 2 rings (SSSR count). The van der Waals surface area contributed by atoms with Gasteiger partial charge in [-0.05, 0) is 18.6 Å². The van der Waals surface area contributed by atoms with Crippen LogP contribution in [0.4, 0.5) is 0 Å². The molecule has 0 amide bonds. The zero-order valence-corrected chi connectivity index (χ0v) is 12.0. The third-order valence-electron chi connectivity index (χ3n) is 3.15. The smallest absolute Gasteiger partial charge is 0.203 e. The van der Waals surface area contributed by atoms with Crippen molar-refractivity contribution in [2.75, 3.05) is 14.2 Å². The number of phenols is 2. The average Bonchev–Trinajstić information content (AvgIpc) is 2.50. The molecule has 0 aliphatic heterocycles. The number of hydrogen-bond acceptors (Lipinski definition) is 4. The molecular weight excluding hydrogens is 268 g/mol. The van der Waals surface area contributed by atoms with Gasteiger partial charge in [-0.3, -0.25) is 0 Å². The Morgan fingerprint density at radius 2 is 1.62 bits per heavy atom. The van der Waals surface area contributed by atoms with Crippen molar-refractivity contribution in [3.8, 4) is 23.0 Å². The van der Waals surface area contributed by atoms with Gasteiger partial charge < -0.3 is 19.7 Å². The number of para-hydroxylation sites is 1. The summed E-state index contributed by atoms with van der Waals surface area (Å²) in [5.74, 6) is 1.12. The van der Waals surface area contributed by atoms with E-state index in [2.05, 4.69) is 0 Å². The van der Waals surface area contributed by atoms with E-state index in [9.17, 15) is 10.2 Å². The van der Waals surface area contributed by atoms with Crippen LogP contribution in [0.5, 0.6) is 23.0 Å². The fourth-order valence-electron chi connectivity index (χ4n) is 2.12. The zero-order chi connectivity index (χ0) is 15.2. The maximum atomic E-state index is 9.73. The molecule has 2 aromatic rings. The zero-order valence-electron chi connectivity index (χ0n) is 12.0. The van der Waals surface area contributed by atoms with Gasteiger partial charge in [-0.15, -0.1) is 0 Å². The molecule has 110 valence electrons. The molecule has 4 heteroatoms. The predicted molar refractivity (Wildman–Crippen MR) is 82.1 cm³/mol. The number of methoxy groups -OCH3 is 2. The van der Waals surface area contributed by atoms with E-state index in [1.807, 2.05) is 24.3 Å². The van der Waals surface area contributed by atoms with Crippen LogP contribution in [0.3, 0.4) is 0 Å². The van der Waals surface area contributed by atoms with Crippen LogP contribution >= 0.6 is 0 Å². The van der Waals surface area contributed by atoms with Crippen LogP contribution in [0.25, 0.3) is 6.08 Å². The van der Waals surface area contributed by atoms with Gasteiger partial charge in [0.2, 0.25) is 5.75 Å². The number of allylic oxidation sites excluding steroid dienone is 1. The van der Waals surface area contributed by atoms with Gasteiger partial charge in [-0.2, -0.15) is 0 Å². The van der Waals surface area contributed by atoms with Crippen LogP contribution in [0.1, 0.15) is 11.1 Å². The van der Waals surface area contributed by atoms with Crippen molar-refractivity contribution in [2.24, 2.45) is 0 Å². The Bertz CT molecular complexity index is 647. The molecule has 2 aromatic carbocycles. The van der Waals surface area contributed by atoms with Crippen molar-refractivity contribution in [1.82, 2.24) is 0 Å². The molecule has 0 aliphatic carbocycles. The highest BCUT2D eigenvalue weighted by Crippen LogP contribution is 2.39. The summed E-state index contributed by atoms with van der Waals surface area (Å²) >= 11 is 0. The summed E-state index contributed by atoms with van der Waals surface area (Å²) < 4.78 is 10.5. The van der Waals surface area contributed by atoms with Gasteiger partial charge in [0.1, 0.15) is 5.75 Å². The van der Waals surface area contributed by atoms with Crippen molar-refractivity contribution < 1.29 is 19.7 Å². The average molecular weight is 286 g/mol. The summed E-state index contributed by atoms with van der Waals surface area (Å²) in [5, 5.41) is 19.4. The van der Waals surface area contributed by atoms with Crippen LogP contribution in [0, 0.1) is 0 Å². The molecule has 0 heterocycles. The van der Waals surface area contributed by atoms with Crippen molar-refractivity contribution in [3.05, 3.63) is 53.6 Å². The molecule has 0 saturated heterocycles. The standard InChI is InChI=1S/C17H18O4/c1-20-16-13(10-11-15(19)17(16)21-2)8-5-7-12-6-3-4-9-14(12)18/h3-7,9-11,18-19H,8H2,1-2H3. The van der Waals surface area contributed by atoms with Crippen LogP contribution < -0.4 is 9.47 Å². The Kier molecular flexibility index (Phi) is 4.72. The lowest BCUT2D eigenvalue weighted by Gasteiger charge is -2.12. The first-order chi connectivity index (χ1) is 10.2. The number of ether oxygens (including phenoxy) is 2. The predicted octanol–water partition coefficient (Wildman–Crippen LogP) is 3.37. The van der Waals surface area contributed by atoms with Crippen molar-refractivity contribution in [3.63, 3.8) is 0 Å². The molecule has 0 aliphatic rings. The highest BCUT2D eigenvalue weighted by Gasteiger charge is 2.13. The lowest BCUT2D eigenvalue weighted by molar-refractivity contribution is 0.331. The van der Waals surface area contributed by atoms with E-state index in [-0.39, 0.29) is 11.5 Å². The summed E-state index contributed by atoms with van der Waals surface area (Å²) in [6.45, 7) is 0. The molecule has 4 nitrogen and oxygen atoms in total. The molecular formula is C17H18O4. The van der Waals surface area contributed by atoms with Crippen molar-refractivity contribution in [1.29, 1.82) is 0 Å². The summed E-state index contributed by atoms with van der Waals surface area (Å²) in [6, 6.07) is 10.5. The second kappa shape index (κ2) is 6.70. The van der Waals surface area contributed by atoms with E-state index in [1.165, 1.54) is 14.2 Å². The minimum atomic E-state index is 0.0442. The summed E-state index contributed by atoms with van der Waals surface area (Å²) in [5.41, 5.74) is 1.64. The van der Waals surface area contributed by atoms with E-state index >= 15 is 0 Å². The lowest BCUT2D eigenvalue weighted by Crippen LogP contribution is -1.95. The van der Waals surface area contributed by atoms with Crippen LogP contribution in [-0.2, 0) is 6.42 Å². The Hall–Kier alpha value is -2.62. The third-order valence-corrected chi connectivity index (χ3v) is 3.15. The molecule has 0 atom stereocenters. The van der Waals surface area contributed by atoms with Gasteiger partial charge >= 0.3 is 0 Å². The Balaban J connectivity index is 2.23. The maximum Gasteiger partial charge on any atom is 0.203 e. The molecule has 0 radical (unpaired) electrons. The van der Waals surface area contributed by atoms with E-state index in [1.54, 1.807) is 24.3 Å². The molecule has 0 saturated carbocycles. The van der Waals surface area contributed by atoms with Crippen molar-refractivity contribution in [2.45, 2.75) is 6.42 Å². The third kappa shape index (κ3) is 3.28. The topological polar surface area (TPSA) is 58.9 Å². The number of rotatable bonds is 5. The SMILES string of the molecule is COc1c(O)ccc(CC=Cc2ccccc2O)c1OC. The second-order valence-corrected chi connectivity index (χ2v) is 4.48. The molecule has 0 aromatic heterocycles. The second-order valence-electron chi connectivity index (χ2n) is 4.48. The van der Waals surface area contributed by atoms with E-state index < -0.39 is 0 Å². The largest absolute Gasteiger partial charge is 0.507 e. The molecule has 2 N–H and O–H groups in total. The maximum absolute atomic E-state index is 9.73. The summed E-state index contributed by atoms with van der Waals surface area (Å²) in [6.07, 6.45) is 4.35. The Morgan fingerprint density at radius 1 is 0.905 bits per heavy atom. The Labute approximate surface area is 123 Å². The van der Waals surface area contributed by atoms with E-state index in [0.717, 1.165) is 11.1 Å². The number of benzene rings is 2. The highest BCUT2D eigenvalue weighted by atomic mass is 16.5. The first-order valence-corrected chi connectivity index (χ1v) is 6.54. The van der Waals surface area contributed by atoms with Gasteiger partial charge in [0.15, 0.2) is 11.5 Å². The number of hydrogen-bond donors (Lipinski definition) is 2. The summed E-state index contributed by atoms with van der Waals surface area (Å²) in [4.78, 5) is 0. The molecule has 0 fully saturated rings. The molecule has 21 heavy (non-hydrogen) atoms. The van der Waals surface area contributed by atoms with E-state index in [4.69, 9.17) is 9.47 Å². The normalized spacial score (nSPS) is 10.8. The van der Waals surface area contributed by atoms with Gasteiger partial charge in [0.05, 0.1) is 14.2 Å². The summed E-state index contributed by atoms with van der Waals surface area (Å²) in [7, 11) is 3.02. The molecule has 0 unspecified atom stereocenters. The molecule has 0 spiro atoms. The number of phenolic OH excluding ortho intramolecular Hbond substituents is 2. The minimum Gasteiger partial charge on any atom is -0.507 e. The quantitative estimate of drug-likeness (QED) is 0.884. The molecule has 0 bridgehead atoms. The van der Waals surface area contributed by atoms with Gasteiger partial charge in [0.25, 0.3) is 0 Å². The lowest BCUT2D eigenvalue weighted by atomic mass is 10.1. The minimum absolute atomic E-state index is 0.0442. The van der Waals surface area contributed by atoms with Crippen LogP contribution in [0.2, 0.25) is 0 Å². The van der Waals surface area contributed by atoms with Crippen LogP contribution in [-0.4, -0.2) is 24.4 Å². The Morgan fingerprint density at radius 3 is 2.29 bits per heavy atom. The fourth-order valence-corrected chi connectivity index (χ4v) is 2.12. The van der Waals surface area contributed by atoms with Gasteiger partial charge in [-0.25, -0.2) is 0 Å². The monoisotopic (exact) mass is 286 g/mol. The van der Waals surface area contributed by atoms with Crippen LogP contribution in [0.15, 0.2) is 42.5 Å². The highest BCUT2D eigenvalue weighted by molar-refractivity contribution is 5.59.